The Labute approximate surface area is 348 Å². The number of fused-ring (bicyclic) bond motifs is 12. The van der Waals surface area contributed by atoms with Crippen molar-refractivity contribution < 1.29 is 4.42 Å². The number of rotatable bonds is 7. The Balaban J connectivity index is 1.06. The minimum absolute atomic E-state index is 0.278. The molecule has 0 N–H and O–H groups in total. The Hall–Kier alpha value is -7.04. The molecule has 0 aliphatic heterocycles. The number of para-hydroxylation sites is 6. The monoisotopic (exact) mass is 775 g/mol. The van der Waals surface area contributed by atoms with Crippen molar-refractivity contribution in [2.45, 2.75) is 51.6 Å². The van der Waals surface area contributed by atoms with Gasteiger partial charge in [0.05, 0.1) is 27.8 Å². The van der Waals surface area contributed by atoms with Crippen LogP contribution in [-0.2, 0) is 11.1 Å². The van der Waals surface area contributed by atoms with E-state index in [1.54, 1.807) is 0 Å². The normalized spacial score (nSPS) is 14.4. The first-order chi connectivity index (χ1) is 29.4. The molecule has 4 heterocycles. The molecule has 4 nitrogen and oxygen atoms in total. The van der Waals surface area contributed by atoms with Gasteiger partial charge in [-0.1, -0.05) is 129 Å². The van der Waals surface area contributed by atoms with E-state index in [9.17, 15) is 0 Å². The van der Waals surface area contributed by atoms with Crippen LogP contribution in [0.4, 0.5) is 0 Å². The summed E-state index contributed by atoms with van der Waals surface area (Å²) in [5, 5.41) is 9.92. The van der Waals surface area contributed by atoms with Crippen LogP contribution >= 0.6 is 0 Å². The molecule has 0 saturated carbocycles. The first kappa shape index (κ1) is 35.0. The molecule has 0 aliphatic rings. The third-order valence-corrected chi connectivity index (χ3v) is 14.2. The van der Waals surface area contributed by atoms with E-state index in [2.05, 4.69) is 211 Å². The summed E-state index contributed by atoms with van der Waals surface area (Å²) in [4.78, 5) is 0. The molecule has 0 fully saturated rings. The van der Waals surface area contributed by atoms with Crippen molar-refractivity contribution in [1.29, 1.82) is 0 Å². The van der Waals surface area contributed by atoms with Gasteiger partial charge in [0, 0.05) is 65.2 Å². The number of aromatic nitrogens is 3. The van der Waals surface area contributed by atoms with Crippen LogP contribution in [0.15, 0.2) is 180 Å². The third-order valence-electron chi connectivity index (χ3n) is 14.2. The maximum absolute atomic E-state index is 6.60. The molecular weight excluding hydrogens is 731 g/mol. The van der Waals surface area contributed by atoms with Gasteiger partial charge < -0.3 is 18.1 Å². The fourth-order valence-electron chi connectivity index (χ4n) is 10.8. The van der Waals surface area contributed by atoms with Crippen molar-refractivity contribution >= 4 is 87.4 Å². The SMILES string of the molecule is CCC(C)(c1ccc2c(c1)c1ccccc1n2C(C)(CC)c1ccc2c(c1)c1ccccc1n2-c1cccc2c1oc1ccccc12)n1c2ccccc2c2ccccc21. The highest BCUT2D eigenvalue weighted by atomic mass is 16.3. The molecule has 4 heteroatoms. The highest BCUT2D eigenvalue weighted by molar-refractivity contribution is 6.14. The zero-order valence-electron chi connectivity index (χ0n) is 34.4. The predicted octanol–water partition coefficient (Wildman–Crippen LogP) is 15.2. The van der Waals surface area contributed by atoms with Crippen LogP contribution in [0.25, 0.3) is 93.0 Å². The molecule has 290 valence electrons. The van der Waals surface area contributed by atoms with Crippen LogP contribution in [0.2, 0.25) is 0 Å². The summed E-state index contributed by atoms with van der Waals surface area (Å²) in [6, 6.07) is 64.9. The van der Waals surface area contributed by atoms with Gasteiger partial charge in [0.1, 0.15) is 5.58 Å². The lowest BCUT2D eigenvalue weighted by atomic mass is 9.86. The minimum Gasteiger partial charge on any atom is -0.454 e. The largest absolute Gasteiger partial charge is 0.454 e. The Morgan fingerprint density at radius 3 is 1.35 bits per heavy atom. The average Bonchev–Trinajstić information content (AvgIpc) is 4.05. The second-order valence-corrected chi connectivity index (χ2v) is 17.0. The summed E-state index contributed by atoms with van der Waals surface area (Å²) in [6.45, 7) is 9.51. The second-order valence-electron chi connectivity index (χ2n) is 17.0. The maximum Gasteiger partial charge on any atom is 0.159 e. The van der Waals surface area contributed by atoms with Gasteiger partial charge >= 0.3 is 0 Å². The van der Waals surface area contributed by atoms with Gasteiger partial charge in [-0.15, -0.1) is 0 Å². The maximum atomic E-state index is 6.60. The second kappa shape index (κ2) is 12.7. The summed E-state index contributed by atoms with van der Waals surface area (Å²) in [7, 11) is 0. The van der Waals surface area contributed by atoms with E-state index in [4.69, 9.17) is 4.42 Å². The molecule has 0 bridgehead atoms. The van der Waals surface area contributed by atoms with E-state index in [-0.39, 0.29) is 11.1 Å². The van der Waals surface area contributed by atoms with E-state index in [1.807, 2.05) is 6.07 Å². The van der Waals surface area contributed by atoms with Gasteiger partial charge in [0.25, 0.3) is 0 Å². The van der Waals surface area contributed by atoms with Crippen molar-refractivity contribution in [1.82, 2.24) is 13.7 Å². The summed E-state index contributed by atoms with van der Waals surface area (Å²) in [5.41, 5.74) is 12.2. The topological polar surface area (TPSA) is 27.9 Å². The quantitative estimate of drug-likeness (QED) is 0.158. The molecule has 12 rings (SSSR count). The minimum atomic E-state index is -0.347. The summed E-state index contributed by atoms with van der Waals surface area (Å²) < 4.78 is 14.2. The molecule has 0 saturated heterocycles. The number of benzene rings is 8. The fraction of sp³-hybridized carbons (Fsp3) is 0.143. The summed E-state index contributed by atoms with van der Waals surface area (Å²) in [6.07, 6.45) is 1.87. The lowest BCUT2D eigenvalue weighted by Crippen LogP contribution is -2.31. The molecule has 0 spiro atoms. The summed E-state index contributed by atoms with van der Waals surface area (Å²) in [5.74, 6) is 0. The zero-order valence-corrected chi connectivity index (χ0v) is 34.4. The zero-order chi connectivity index (χ0) is 40.3. The first-order valence-corrected chi connectivity index (χ1v) is 21.4. The standard InChI is InChI=1S/C56H45N3O/c1-5-55(3,58-48-25-13-8-18-38(48)39-19-9-14-26-49(39)58)37-31-33-51-45(35-37)41-21-10-15-27-50(41)59(51)56(4,6-2)36-30-32-47-44(34-36)40-20-7-12-24-46(40)57(47)52-28-17-23-43-42-22-11-16-29-53(42)60-54(43)52/h7-35H,5-6H2,1-4H3. The number of hydrogen-bond donors (Lipinski definition) is 0. The third kappa shape index (κ3) is 4.62. The van der Waals surface area contributed by atoms with E-state index in [0.717, 1.165) is 40.5 Å². The predicted molar refractivity (Wildman–Crippen MR) is 253 cm³/mol. The van der Waals surface area contributed by atoms with Crippen LogP contribution in [0.3, 0.4) is 0 Å². The van der Waals surface area contributed by atoms with Gasteiger partial charge in [-0.05, 0) is 98.5 Å². The van der Waals surface area contributed by atoms with Crippen LogP contribution in [0.1, 0.15) is 51.7 Å². The Kier molecular flexibility index (Phi) is 7.41. The number of furan rings is 1. The Morgan fingerprint density at radius 1 is 0.383 bits per heavy atom. The average molecular weight is 776 g/mol. The van der Waals surface area contributed by atoms with Gasteiger partial charge in [-0.25, -0.2) is 0 Å². The molecule has 4 aromatic heterocycles. The molecule has 8 aromatic carbocycles. The van der Waals surface area contributed by atoms with Gasteiger partial charge in [-0.2, -0.15) is 0 Å². The Morgan fingerprint density at radius 2 is 0.783 bits per heavy atom. The molecule has 60 heavy (non-hydrogen) atoms. The lowest BCUT2D eigenvalue weighted by Gasteiger charge is -2.34. The van der Waals surface area contributed by atoms with Crippen molar-refractivity contribution in [2.75, 3.05) is 0 Å². The van der Waals surface area contributed by atoms with Gasteiger partial charge in [0.2, 0.25) is 0 Å². The van der Waals surface area contributed by atoms with E-state index in [0.29, 0.717) is 0 Å². The molecule has 0 aliphatic carbocycles. The van der Waals surface area contributed by atoms with Crippen molar-refractivity contribution in [3.05, 3.63) is 187 Å². The number of nitrogens with zero attached hydrogens (tertiary/aromatic N) is 3. The van der Waals surface area contributed by atoms with Crippen molar-refractivity contribution in [3.8, 4) is 5.69 Å². The van der Waals surface area contributed by atoms with E-state index < -0.39 is 0 Å². The van der Waals surface area contributed by atoms with E-state index >= 15 is 0 Å². The van der Waals surface area contributed by atoms with E-state index in [1.165, 1.54) is 76.5 Å². The summed E-state index contributed by atoms with van der Waals surface area (Å²) >= 11 is 0. The molecule has 2 unspecified atom stereocenters. The fourth-order valence-corrected chi connectivity index (χ4v) is 10.8. The van der Waals surface area contributed by atoms with Gasteiger partial charge in [-0.3, -0.25) is 0 Å². The molecule has 0 radical (unpaired) electrons. The van der Waals surface area contributed by atoms with Gasteiger partial charge in [0.15, 0.2) is 5.58 Å². The van der Waals surface area contributed by atoms with Crippen molar-refractivity contribution in [3.63, 3.8) is 0 Å². The van der Waals surface area contributed by atoms with Crippen molar-refractivity contribution in [2.24, 2.45) is 0 Å². The number of hydrogen-bond acceptors (Lipinski definition) is 1. The Bertz CT molecular complexity index is 3630. The lowest BCUT2D eigenvalue weighted by molar-refractivity contribution is 0.400. The highest BCUT2D eigenvalue weighted by Crippen LogP contribution is 2.46. The highest BCUT2D eigenvalue weighted by Gasteiger charge is 2.34. The molecule has 0 amide bonds. The van der Waals surface area contributed by atoms with Crippen LogP contribution in [0, 0.1) is 0 Å². The van der Waals surface area contributed by atoms with Crippen LogP contribution < -0.4 is 0 Å². The smallest absolute Gasteiger partial charge is 0.159 e. The van der Waals surface area contributed by atoms with Crippen LogP contribution in [0.5, 0.6) is 0 Å². The van der Waals surface area contributed by atoms with Crippen LogP contribution in [-0.4, -0.2) is 13.7 Å². The molecular formula is C56H45N3O. The first-order valence-electron chi connectivity index (χ1n) is 21.4. The molecule has 2 atom stereocenters. The molecule has 12 aromatic rings.